The Labute approximate surface area is 244 Å². The number of rotatable bonds is 4. The van der Waals surface area contributed by atoms with E-state index < -0.39 is 34.5 Å². The van der Waals surface area contributed by atoms with E-state index >= 15 is 0 Å². The van der Waals surface area contributed by atoms with Crippen molar-refractivity contribution in [2.75, 3.05) is 0 Å². The number of amides is 1. The molecule has 3 aromatic carbocycles. The summed E-state index contributed by atoms with van der Waals surface area (Å²) < 4.78 is 16.3. The van der Waals surface area contributed by atoms with Crippen molar-refractivity contribution in [1.29, 1.82) is 0 Å². The number of aliphatic hydroxyl groups is 1. The van der Waals surface area contributed by atoms with Crippen molar-refractivity contribution in [3.05, 3.63) is 114 Å². The summed E-state index contributed by atoms with van der Waals surface area (Å²) in [6.45, 7) is 5.18. The Kier molecular flexibility index (Phi) is 6.29. The number of hydrogen-bond donors (Lipinski definition) is 3. The van der Waals surface area contributed by atoms with Crippen LogP contribution in [0.2, 0.25) is 0 Å². The van der Waals surface area contributed by atoms with Gasteiger partial charge in [0.15, 0.2) is 0 Å². The molecule has 0 saturated heterocycles. The van der Waals surface area contributed by atoms with Crippen LogP contribution in [0.4, 0.5) is 4.39 Å². The van der Waals surface area contributed by atoms with Gasteiger partial charge >= 0.3 is 5.69 Å². The number of halogens is 2. The van der Waals surface area contributed by atoms with Crippen LogP contribution in [0, 0.1) is 12.7 Å². The number of nitrogens with one attached hydrogen (secondary N) is 1. The summed E-state index contributed by atoms with van der Waals surface area (Å²) in [6.07, 6.45) is 0.164. The van der Waals surface area contributed by atoms with E-state index in [4.69, 9.17) is 17.3 Å². The topological polar surface area (TPSA) is 123 Å². The summed E-state index contributed by atoms with van der Waals surface area (Å²) in [7, 11) is 1.49. The number of carbonyl (C=O) groups excluding carboxylic acids is 1. The van der Waals surface area contributed by atoms with Crippen LogP contribution < -0.4 is 17.0 Å². The van der Waals surface area contributed by atoms with Gasteiger partial charge in [-0.2, -0.15) is 0 Å². The third kappa shape index (κ3) is 4.11. The first kappa shape index (κ1) is 27.7. The number of fused-ring (bicyclic) bond motifs is 4. The van der Waals surface area contributed by atoms with Gasteiger partial charge in [0.1, 0.15) is 5.82 Å². The van der Waals surface area contributed by atoms with Crippen LogP contribution in [0.1, 0.15) is 54.1 Å². The van der Waals surface area contributed by atoms with Gasteiger partial charge in [-0.25, -0.2) is 13.8 Å². The van der Waals surface area contributed by atoms with Crippen molar-refractivity contribution in [1.82, 2.24) is 14.1 Å². The molecule has 1 amide bonds. The van der Waals surface area contributed by atoms with Crippen molar-refractivity contribution in [3.63, 3.8) is 0 Å². The average molecular weight is 587 g/mol. The van der Waals surface area contributed by atoms with Gasteiger partial charge < -0.3 is 15.8 Å². The fourth-order valence-electron chi connectivity index (χ4n) is 5.94. The molecule has 6 rings (SSSR count). The summed E-state index contributed by atoms with van der Waals surface area (Å²) in [4.78, 5) is 42.9. The molecule has 0 aliphatic heterocycles. The second kappa shape index (κ2) is 9.54. The predicted molar refractivity (Wildman–Crippen MR) is 161 cm³/mol. The smallest absolute Gasteiger partial charge is 0.335 e. The number of allylic oxidation sites excluding steroid dienone is 1. The maximum atomic E-state index is 13.9. The molecule has 10 heteroatoms. The first-order valence-electron chi connectivity index (χ1n) is 13.4. The zero-order valence-corrected chi connectivity index (χ0v) is 24.1. The van der Waals surface area contributed by atoms with E-state index in [9.17, 15) is 23.9 Å². The van der Waals surface area contributed by atoms with Crippen molar-refractivity contribution in [2.24, 2.45) is 12.8 Å². The third-order valence-corrected chi connectivity index (χ3v) is 8.52. The Morgan fingerprint density at radius 1 is 1.12 bits per heavy atom. The van der Waals surface area contributed by atoms with Crippen LogP contribution in [-0.2, 0) is 17.4 Å². The SMILES string of the molecule is Cc1c(C2=C(Cl)C[C@H](C(N)=O)c3[nH]c4cc(C(C)(C)O)ccc4c32)cccc1-n1c(=O)c2ccc(F)cc2n(C)c1=O. The molecule has 8 nitrogen and oxygen atoms in total. The number of primary amides is 1. The molecule has 5 aromatic rings. The fourth-order valence-corrected chi connectivity index (χ4v) is 6.30. The van der Waals surface area contributed by atoms with Crippen LogP contribution in [0.15, 0.2) is 69.2 Å². The zero-order valence-electron chi connectivity index (χ0n) is 23.4. The molecule has 0 unspecified atom stereocenters. The minimum atomic E-state index is -1.09. The van der Waals surface area contributed by atoms with Gasteiger partial charge in [0.25, 0.3) is 5.56 Å². The molecule has 2 heterocycles. The Bertz CT molecular complexity index is 2130. The minimum absolute atomic E-state index is 0.164. The Balaban J connectivity index is 1.63. The Morgan fingerprint density at radius 3 is 2.52 bits per heavy atom. The van der Waals surface area contributed by atoms with Crippen LogP contribution in [0.25, 0.3) is 33.1 Å². The van der Waals surface area contributed by atoms with Gasteiger partial charge in [-0.15, -0.1) is 0 Å². The lowest BCUT2D eigenvalue weighted by atomic mass is 9.81. The van der Waals surface area contributed by atoms with Crippen molar-refractivity contribution in [3.8, 4) is 5.69 Å². The quantitative estimate of drug-likeness (QED) is 0.279. The van der Waals surface area contributed by atoms with Crippen molar-refractivity contribution < 1.29 is 14.3 Å². The molecule has 1 aliphatic rings. The van der Waals surface area contributed by atoms with Crippen LogP contribution in [0.5, 0.6) is 0 Å². The number of carbonyl (C=O) groups is 1. The highest BCUT2D eigenvalue weighted by molar-refractivity contribution is 6.34. The number of aromatic amines is 1. The largest absolute Gasteiger partial charge is 0.386 e. The van der Waals surface area contributed by atoms with E-state index in [-0.39, 0.29) is 17.3 Å². The van der Waals surface area contributed by atoms with Crippen LogP contribution >= 0.6 is 11.6 Å². The number of nitrogens with two attached hydrogens (primary N) is 1. The highest BCUT2D eigenvalue weighted by Crippen LogP contribution is 2.47. The molecule has 42 heavy (non-hydrogen) atoms. The molecular formula is C32H28ClFN4O4. The number of aromatic nitrogens is 3. The fraction of sp³-hybridized carbons (Fsp3) is 0.219. The first-order chi connectivity index (χ1) is 19.8. The second-order valence-corrected chi connectivity index (χ2v) is 11.7. The maximum Gasteiger partial charge on any atom is 0.335 e. The molecule has 0 bridgehead atoms. The maximum absolute atomic E-state index is 13.9. The van der Waals surface area contributed by atoms with E-state index in [1.165, 1.54) is 23.7 Å². The second-order valence-electron chi connectivity index (χ2n) is 11.3. The van der Waals surface area contributed by atoms with Gasteiger partial charge in [-0.1, -0.05) is 35.9 Å². The molecule has 214 valence electrons. The highest BCUT2D eigenvalue weighted by Gasteiger charge is 2.34. The number of H-pyrrole nitrogens is 1. The molecule has 1 atom stereocenters. The van der Waals surface area contributed by atoms with E-state index in [0.29, 0.717) is 49.8 Å². The van der Waals surface area contributed by atoms with Gasteiger partial charge in [-0.05, 0) is 67.8 Å². The van der Waals surface area contributed by atoms with Crippen LogP contribution in [-0.4, -0.2) is 25.1 Å². The average Bonchev–Trinajstić information content (AvgIpc) is 3.30. The standard InChI is InChI=1S/C32H28ClFN4O4/c1-15-18(6-5-7-24(15)38-30(40)20-11-9-17(34)13-25(20)37(4)31(38)41)26-22(33)14-21(29(35)39)28-27(26)19-10-8-16(32(2,3)42)12-23(19)36-28/h5-13,21,36,42H,14H2,1-4H3,(H2,35,39)/t21-/m0/s1. The van der Waals surface area contributed by atoms with E-state index in [0.717, 1.165) is 16.0 Å². The summed E-state index contributed by atoms with van der Waals surface area (Å²) in [5, 5.41) is 12.0. The Hall–Kier alpha value is -4.47. The lowest BCUT2D eigenvalue weighted by molar-refractivity contribution is -0.119. The number of hydrogen-bond acceptors (Lipinski definition) is 4. The number of nitrogens with zero attached hydrogens (tertiary/aromatic N) is 2. The molecule has 0 radical (unpaired) electrons. The molecule has 4 N–H and O–H groups in total. The molecule has 2 aromatic heterocycles. The molecule has 0 saturated carbocycles. The van der Waals surface area contributed by atoms with E-state index in [1.54, 1.807) is 32.9 Å². The van der Waals surface area contributed by atoms with Gasteiger partial charge in [0, 0.05) is 46.2 Å². The van der Waals surface area contributed by atoms with Gasteiger partial charge in [0.05, 0.1) is 28.1 Å². The van der Waals surface area contributed by atoms with Crippen molar-refractivity contribution >= 4 is 44.9 Å². The number of aryl methyl sites for hydroxylation is 1. The summed E-state index contributed by atoms with van der Waals surface area (Å²) in [5.41, 5.74) is 8.69. The third-order valence-electron chi connectivity index (χ3n) is 8.18. The Morgan fingerprint density at radius 2 is 1.83 bits per heavy atom. The van der Waals surface area contributed by atoms with Gasteiger partial charge in [0.2, 0.25) is 5.91 Å². The molecule has 1 aliphatic carbocycles. The van der Waals surface area contributed by atoms with Gasteiger partial charge in [-0.3, -0.25) is 14.2 Å². The zero-order chi connectivity index (χ0) is 30.2. The monoisotopic (exact) mass is 586 g/mol. The lowest BCUT2D eigenvalue weighted by Gasteiger charge is -2.25. The van der Waals surface area contributed by atoms with E-state index in [1.807, 2.05) is 24.3 Å². The normalized spacial score (nSPS) is 15.5. The summed E-state index contributed by atoms with van der Waals surface area (Å²) in [5.74, 6) is -1.78. The lowest BCUT2D eigenvalue weighted by Crippen LogP contribution is -2.38. The minimum Gasteiger partial charge on any atom is -0.386 e. The molecule has 0 fully saturated rings. The molecule has 0 spiro atoms. The summed E-state index contributed by atoms with van der Waals surface area (Å²) >= 11 is 6.94. The van der Waals surface area contributed by atoms with E-state index in [2.05, 4.69) is 4.98 Å². The summed E-state index contributed by atoms with van der Waals surface area (Å²) in [6, 6.07) is 14.5. The van der Waals surface area contributed by atoms with Crippen molar-refractivity contribution in [2.45, 2.75) is 38.7 Å². The number of benzene rings is 3. The predicted octanol–water partition coefficient (Wildman–Crippen LogP) is 4.82. The first-order valence-corrected chi connectivity index (χ1v) is 13.8. The highest BCUT2D eigenvalue weighted by atomic mass is 35.5. The van der Waals surface area contributed by atoms with Crippen LogP contribution in [0.3, 0.4) is 0 Å². The molecular weight excluding hydrogens is 559 g/mol.